The number of halogens is 3. The lowest BCUT2D eigenvalue weighted by molar-refractivity contribution is -0.171. The zero-order valence-electron chi connectivity index (χ0n) is 9.08. The van der Waals surface area contributed by atoms with Crippen LogP contribution in [0.25, 0.3) is 0 Å². The molecule has 0 bridgehead atoms. The van der Waals surface area contributed by atoms with E-state index >= 15 is 0 Å². The number of rotatable bonds is 3. The summed E-state index contributed by atoms with van der Waals surface area (Å²) in [6.45, 7) is -0.675. The average Bonchev–Trinajstić information content (AvgIpc) is 2.24. The van der Waals surface area contributed by atoms with Gasteiger partial charge in [-0.3, -0.25) is 14.4 Å². The fraction of sp³-hybridized carbons (Fsp3) is 0.667. The van der Waals surface area contributed by atoms with Gasteiger partial charge in [0.2, 0.25) is 11.8 Å². The van der Waals surface area contributed by atoms with Gasteiger partial charge in [0.05, 0.1) is 0 Å². The summed E-state index contributed by atoms with van der Waals surface area (Å²) in [5.74, 6) is -4.49. The molecule has 0 radical (unpaired) electrons. The van der Waals surface area contributed by atoms with Gasteiger partial charge in [-0.25, -0.2) is 0 Å². The average molecular weight is 268 g/mol. The van der Waals surface area contributed by atoms with Crippen molar-refractivity contribution in [2.75, 3.05) is 6.54 Å². The van der Waals surface area contributed by atoms with Crippen LogP contribution in [0.15, 0.2) is 0 Å². The number of aliphatic carboxylic acids is 1. The molecule has 1 aliphatic heterocycles. The lowest BCUT2D eigenvalue weighted by atomic mass is 9.93. The van der Waals surface area contributed by atoms with E-state index < -0.39 is 48.9 Å². The Balaban J connectivity index is 2.55. The summed E-state index contributed by atoms with van der Waals surface area (Å²) in [5.41, 5.74) is 0. The van der Waals surface area contributed by atoms with Crippen molar-refractivity contribution >= 4 is 17.8 Å². The molecule has 1 heterocycles. The van der Waals surface area contributed by atoms with E-state index in [4.69, 9.17) is 5.11 Å². The molecule has 9 heteroatoms. The first-order valence-electron chi connectivity index (χ1n) is 5.08. The van der Waals surface area contributed by atoms with E-state index in [1.54, 1.807) is 5.32 Å². The van der Waals surface area contributed by atoms with Gasteiger partial charge in [-0.05, 0) is 12.8 Å². The molecule has 0 aromatic rings. The highest BCUT2D eigenvalue weighted by molar-refractivity contribution is 6.01. The molecule has 1 fully saturated rings. The van der Waals surface area contributed by atoms with Crippen molar-refractivity contribution in [2.45, 2.75) is 25.1 Å². The number of alkyl halides is 3. The molecule has 2 amide bonds. The fourth-order valence-electron chi connectivity index (χ4n) is 1.59. The monoisotopic (exact) mass is 268 g/mol. The second-order valence-electron chi connectivity index (χ2n) is 3.84. The number of carbonyl (C=O) groups excluding carboxylic acids is 2. The number of carboxylic acid groups (broad SMARTS) is 1. The van der Waals surface area contributed by atoms with Crippen LogP contribution in [0.4, 0.5) is 13.2 Å². The first-order valence-corrected chi connectivity index (χ1v) is 5.08. The van der Waals surface area contributed by atoms with Crippen molar-refractivity contribution < 1.29 is 32.7 Å². The molecule has 1 rings (SSSR count). The second kappa shape index (κ2) is 5.23. The quantitative estimate of drug-likeness (QED) is 0.609. The molecule has 1 aliphatic rings. The number of hydrogen-bond acceptors (Lipinski definition) is 3. The maximum Gasteiger partial charge on any atom is 0.408 e. The highest BCUT2D eigenvalue weighted by Gasteiger charge is 2.45. The zero-order valence-corrected chi connectivity index (χ0v) is 9.08. The Morgan fingerprint density at radius 3 is 2.44 bits per heavy atom. The highest BCUT2D eigenvalue weighted by Crippen LogP contribution is 2.28. The number of carboxylic acids is 1. The van der Waals surface area contributed by atoms with E-state index in [9.17, 15) is 27.6 Å². The van der Waals surface area contributed by atoms with Gasteiger partial charge in [-0.2, -0.15) is 13.2 Å². The number of amides is 2. The van der Waals surface area contributed by atoms with Crippen LogP contribution in [0.1, 0.15) is 12.8 Å². The van der Waals surface area contributed by atoms with Crippen LogP contribution in [0, 0.1) is 5.92 Å². The van der Waals surface area contributed by atoms with Crippen LogP contribution in [-0.4, -0.2) is 41.7 Å². The second-order valence-corrected chi connectivity index (χ2v) is 3.84. The van der Waals surface area contributed by atoms with Gasteiger partial charge in [-0.1, -0.05) is 0 Å². The maximum atomic E-state index is 12.3. The van der Waals surface area contributed by atoms with E-state index in [0.717, 1.165) is 0 Å². The van der Waals surface area contributed by atoms with Crippen LogP contribution in [0.3, 0.4) is 0 Å². The van der Waals surface area contributed by atoms with Crippen LogP contribution < -0.4 is 10.6 Å². The largest absolute Gasteiger partial charge is 0.480 e. The molecule has 102 valence electrons. The Morgan fingerprint density at radius 2 is 2.00 bits per heavy atom. The molecule has 0 aromatic heterocycles. The molecule has 0 spiro atoms. The van der Waals surface area contributed by atoms with Crippen molar-refractivity contribution in [1.82, 2.24) is 10.6 Å². The number of nitrogens with one attached hydrogen (secondary N) is 2. The standard InChI is InChI=1S/C9H11F3N2O4/c10-9(11,12)5-2-1-4(8(18)14-5)7(17)13-3-6(15)16/h4-5H,1-3H2,(H,13,17)(H,14,18)(H,15,16)/t4-,5+/m1/s1. The SMILES string of the molecule is O=C(O)CNC(=O)[C@H]1CC[C@@H](C(F)(F)F)NC1=O. The first kappa shape index (κ1) is 14.3. The molecule has 6 nitrogen and oxygen atoms in total. The summed E-state index contributed by atoms with van der Waals surface area (Å²) in [6.07, 6.45) is -5.21. The van der Waals surface area contributed by atoms with Gasteiger partial charge in [0.1, 0.15) is 18.5 Å². The molecular formula is C9H11F3N2O4. The molecule has 1 saturated heterocycles. The topological polar surface area (TPSA) is 95.5 Å². The van der Waals surface area contributed by atoms with Gasteiger partial charge in [-0.15, -0.1) is 0 Å². The van der Waals surface area contributed by atoms with Crippen LogP contribution in [0.2, 0.25) is 0 Å². The lowest BCUT2D eigenvalue weighted by Gasteiger charge is -2.29. The molecule has 0 aromatic carbocycles. The van der Waals surface area contributed by atoms with Crippen molar-refractivity contribution in [2.24, 2.45) is 5.92 Å². The highest BCUT2D eigenvalue weighted by atomic mass is 19.4. The van der Waals surface area contributed by atoms with E-state index in [1.807, 2.05) is 5.32 Å². The molecule has 18 heavy (non-hydrogen) atoms. The third-order valence-electron chi connectivity index (χ3n) is 2.50. The Kier molecular flexibility index (Phi) is 4.15. The minimum Gasteiger partial charge on any atom is -0.480 e. The number of hydrogen-bond donors (Lipinski definition) is 3. The molecule has 0 saturated carbocycles. The summed E-state index contributed by atoms with van der Waals surface area (Å²) in [6, 6.07) is -1.95. The van der Waals surface area contributed by atoms with E-state index in [2.05, 4.69) is 0 Å². The Labute approximate surface area is 99.5 Å². The number of carbonyl (C=O) groups is 3. The smallest absolute Gasteiger partial charge is 0.408 e. The third kappa shape index (κ3) is 3.60. The van der Waals surface area contributed by atoms with E-state index in [1.165, 1.54) is 0 Å². The minimum absolute atomic E-state index is 0.262. The summed E-state index contributed by atoms with van der Waals surface area (Å²) < 4.78 is 36.9. The van der Waals surface area contributed by atoms with Crippen molar-refractivity contribution in [3.63, 3.8) is 0 Å². The molecule has 0 aliphatic carbocycles. The van der Waals surface area contributed by atoms with E-state index in [0.29, 0.717) is 0 Å². The zero-order chi connectivity index (χ0) is 13.9. The fourth-order valence-corrected chi connectivity index (χ4v) is 1.59. The third-order valence-corrected chi connectivity index (χ3v) is 2.50. The molecule has 0 unspecified atom stereocenters. The van der Waals surface area contributed by atoms with Gasteiger partial charge in [0.15, 0.2) is 0 Å². The minimum atomic E-state index is -4.54. The normalized spacial score (nSPS) is 24.3. The predicted molar refractivity (Wildman–Crippen MR) is 51.4 cm³/mol. The van der Waals surface area contributed by atoms with Gasteiger partial charge >= 0.3 is 12.1 Å². The summed E-state index contributed by atoms with van der Waals surface area (Å²) in [5, 5.41) is 12.0. The molecule has 2 atom stereocenters. The summed E-state index contributed by atoms with van der Waals surface area (Å²) in [7, 11) is 0. The summed E-state index contributed by atoms with van der Waals surface area (Å²) >= 11 is 0. The Morgan fingerprint density at radius 1 is 1.39 bits per heavy atom. The van der Waals surface area contributed by atoms with Crippen LogP contribution >= 0.6 is 0 Å². The molecule has 3 N–H and O–H groups in total. The van der Waals surface area contributed by atoms with Gasteiger partial charge < -0.3 is 15.7 Å². The molecular weight excluding hydrogens is 257 g/mol. The van der Waals surface area contributed by atoms with Crippen LogP contribution in [0.5, 0.6) is 0 Å². The van der Waals surface area contributed by atoms with Crippen molar-refractivity contribution in [3.8, 4) is 0 Å². The Bertz CT molecular complexity index is 369. The predicted octanol–water partition coefficient (Wildman–Crippen LogP) is -0.356. The Hall–Kier alpha value is -1.80. The van der Waals surface area contributed by atoms with E-state index in [-0.39, 0.29) is 6.42 Å². The lowest BCUT2D eigenvalue weighted by Crippen LogP contribution is -2.54. The first-order chi connectivity index (χ1) is 8.21. The van der Waals surface area contributed by atoms with Crippen molar-refractivity contribution in [3.05, 3.63) is 0 Å². The van der Waals surface area contributed by atoms with Gasteiger partial charge in [0, 0.05) is 0 Å². The summed E-state index contributed by atoms with van der Waals surface area (Å²) in [4.78, 5) is 32.9. The van der Waals surface area contributed by atoms with Crippen LogP contribution in [-0.2, 0) is 14.4 Å². The van der Waals surface area contributed by atoms with Gasteiger partial charge in [0.25, 0.3) is 0 Å². The maximum absolute atomic E-state index is 12.3. The number of piperidine rings is 1. The van der Waals surface area contributed by atoms with Crippen molar-refractivity contribution in [1.29, 1.82) is 0 Å².